The van der Waals surface area contributed by atoms with E-state index in [2.05, 4.69) is 20.2 Å². The van der Waals surface area contributed by atoms with Crippen molar-refractivity contribution in [2.24, 2.45) is 11.7 Å². The van der Waals surface area contributed by atoms with Crippen molar-refractivity contribution in [2.45, 2.75) is 75.9 Å². The molecular formula is C22H31N5O. The number of rotatable bonds is 5. The fourth-order valence-electron chi connectivity index (χ4n) is 5.91. The molecule has 3 fully saturated rings. The monoisotopic (exact) mass is 381 g/mol. The summed E-state index contributed by atoms with van der Waals surface area (Å²) in [5.41, 5.74) is 7.77. The molecule has 2 aromatic rings. The van der Waals surface area contributed by atoms with E-state index < -0.39 is 5.91 Å². The third-order valence-electron chi connectivity index (χ3n) is 7.28. The Bertz CT molecular complexity index is 842. The topological polar surface area (TPSA) is 87.0 Å². The Morgan fingerprint density at radius 2 is 1.93 bits per heavy atom. The molecule has 1 amide bonds. The minimum Gasteiger partial charge on any atom is -0.381 e. The number of aromatic amines is 1. The summed E-state index contributed by atoms with van der Waals surface area (Å²) in [5, 5.41) is 4.65. The van der Waals surface area contributed by atoms with Crippen LogP contribution in [0.1, 0.15) is 68.1 Å². The Balaban J connectivity index is 1.32. The van der Waals surface area contributed by atoms with Gasteiger partial charge in [0.1, 0.15) is 5.65 Å². The molecule has 0 aromatic carbocycles. The molecule has 4 N–H and O–H groups in total. The summed E-state index contributed by atoms with van der Waals surface area (Å²) in [6.07, 6.45) is 15.5. The average molecular weight is 382 g/mol. The minimum atomic E-state index is -0.421. The standard InChI is InChI=1S/C22H31N5O/c23-21(28)19-12-25-22-18(8-9-24-22)20(19)26-15-10-16-6-7-17(11-15)27(16)13-14-4-2-1-3-5-14/h8-9,12,14-17H,1-7,10-11,13H2,(H2,23,28)(H2,24,25,26)/t16-,17-/m0/s1. The number of pyridine rings is 1. The Labute approximate surface area is 166 Å². The van der Waals surface area contributed by atoms with E-state index in [4.69, 9.17) is 5.73 Å². The van der Waals surface area contributed by atoms with Gasteiger partial charge < -0.3 is 16.0 Å². The van der Waals surface area contributed by atoms with Crippen LogP contribution in [-0.4, -0.2) is 45.4 Å². The van der Waals surface area contributed by atoms with Gasteiger partial charge in [-0.1, -0.05) is 19.3 Å². The van der Waals surface area contributed by atoms with Gasteiger partial charge in [-0.25, -0.2) is 4.98 Å². The number of hydrogen-bond donors (Lipinski definition) is 3. The third-order valence-corrected chi connectivity index (χ3v) is 7.28. The van der Waals surface area contributed by atoms with E-state index >= 15 is 0 Å². The summed E-state index contributed by atoms with van der Waals surface area (Å²) in [7, 11) is 0. The van der Waals surface area contributed by atoms with Crippen LogP contribution in [-0.2, 0) is 0 Å². The van der Waals surface area contributed by atoms with Crippen molar-refractivity contribution >= 4 is 22.6 Å². The summed E-state index contributed by atoms with van der Waals surface area (Å²) in [5.74, 6) is 0.485. The van der Waals surface area contributed by atoms with Crippen LogP contribution in [0.15, 0.2) is 18.5 Å². The molecule has 150 valence electrons. The van der Waals surface area contributed by atoms with E-state index in [1.165, 1.54) is 51.5 Å². The van der Waals surface area contributed by atoms with Crippen LogP contribution in [0.5, 0.6) is 0 Å². The van der Waals surface area contributed by atoms with Gasteiger partial charge >= 0.3 is 0 Å². The summed E-state index contributed by atoms with van der Waals surface area (Å²) < 4.78 is 0. The number of amides is 1. The first-order valence-corrected chi connectivity index (χ1v) is 11.0. The fraction of sp³-hybridized carbons (Fsp3) is 0.636. The van der Waals surface area contributed by atoms with Crippen molar-refractivity contribution < 1.29 is 4.79 Å². The highest BCUT2D eigenvalue weighted by Crippen LogP contribution is 2.39. The molecule has 2 aliphatic heterocycles. The maximum absolute atomic E-state index is 12.0. The normalized spacial score (nSPS) is 28.6. The van der Waals surface area contributed by atoms with E-state index in [-0.39, 0.29) is 0 Å². The number of hydrogen-bond acceptors (Lipinski definition) is 4. The van der Waals surface area contributed by atoms with Gasteiger partial charge in [-0.2, -0.15) is 0 Å². The number of primary amides is 1. The lowest BCUT2D eigenvalue weighted by molar-refractivity contribution is 0.0993. The first-order valence-electron chi connectivity index (χ1n) is 11.0. The molecule has 2 saturated heterocycles. The number of carbonyl (C=O) groups excluding carboxylic acids is 1. The molecule has 2 aromatic heterocycles. The van der Waals surface area contributed by atoms with E-state index in [0.29, 0.717) is 23.7 Å². The predicted octanol–water partition coefficient (Wildman–Crippen LogP) is 3.65. The van der Waals surface area contributed by atoms with Crippen molar-refractivity contribution in [3.8, 4) is 0 Å². The molecule has 4 heterocycles. The predicted molar refractivity (Wildman–Crippen MR) is 111 cm³/mol. The van der Waals surface area contributed by atoms with Gasteiger partial charge in [0.2, 0.25) is 0 Å². The van der Waals surface area contributed by atoms with Crippen LogP contribution >= 0.6 is 0 Å². The molecule has 1 aliphatic carbocycles. The number of nitrogens with one attached hydrogen (secondary N) is 2. The summed E-state index contributed by atoms with van der Waals surface area (Å²) in [6.45, 7) is 1.30. The Kier molecular flexibility index (Phi) is 4.75. The second kappa shape index (κ2) is 7.39. The number of carbonyl (C=O) groups is 1. The van der Waals surface area contributed by atoms with E-state index in [0.717, 1.165) is 35.5 Å². The van der Waals surface area contributed by atoms with Gasteiger partial charge in [0.15, 0.2) is 0 Å². The first-order chi connectivity index (χ1) is 13.7. The lowest BCUT2D eigenvalue weighted by Gasteiger charge is -2.42. The van der Waals surface area contributed by atoms with Gasteiger partial charge in [-0.05, 0) is 50.5 Å². The number of nitrogens with two attached hydrogens (primary N) is 1. The van der Waals surface area contributed by atoms with Gasteiger partial charge in [0.25, 0.3) is 5.91 Å². The molecule has 1 saturated carbocycles. The molecule has 2 bridgehead atoms. The minimum absolute atomic E-state index is 0.388. The highest BCUT2D eigenvalue weighted by molar-refractivity contribution is 6.05. The number of H-pyrrole nitrogens is 1. The summed E-state index contributed by atoms with van der Waals surface area (Å²) >= 11 is 0. The maximum Gasteiger partial charge on any atom is 0.252 e. The quantitative estimate of drug-likeness (QED) is 0.738. The largest absolute Gasteiger partial charge is 0.381 e. The molecule has 28 heavy (non-hydrogen) atoms. The molecule has 5 rings (SSSR count). The number of aromatic nitrogens is 2. The Hall–Kier alpha value is -2.08. The molecule has 0 radical (unpaired) electrons. The van der Waals surface area contributed by atoms with Crippen LogP contribution in [0, 0.1) is 5.92 Å². The third kappa shape index (κ3) is 3.28. The van der Waals surface area contributed by atoms with Crippen LogP contribution in [0.25, 0.3) is 11.0 Å². The second-order valence-corrected chi connectivity index (χ2v) is 9.05. The van der Waals surface area contributed by atoms with E-state index in [1.54, 1.807) is 6.20 Å². The van der Waals surface area contributed by atoms with Crippen LogP contribution in [0.2, 0.25) is 0 Å². The maximum atomic E-state index is 12.0. The molecule has 6 nitrogen and oxygen atoms in total. The smallest absolute Gasteiger partial charge is 0.252 e. The summed E-state index contributed by atoms with van der Waals surface area (Å²) in [6, 6.07) is 3.72. The van der Waals surface area contributed by atoms with Crippen molar-refractivity contribution in [3.63, 3.8) is 0 Å². The highest BCUT2D eigenvalue weighted by atomic mass is 16.1. The molecule has 3 aliphatic rings. The van der Waals surface area contributed by atoms with Gasteiger partial charge in [0.05, 0.1) is 11.3 Å². The SMILES string of the molecule is NC(=O)c1cnc2[nH]ccc2c1NC1C[C@@H]2CC[C@@H](C1)N2CC1CCCCC1. The van der Waals surface area contributed by atoms with Crippen molar-refractivity contribution in [2.75, 3.05) is 11.9 Å². The second-order valence-electron chi connectivity index (χ2n) is 9.05. The van der Waals surface area contributed by atoms with Crippen LogP contribution in [0.4, 0.5) is 5.69 Å². The zero-order valence-electron chi connectivity index (χ0n) is 16.5. The zero-order valence-corrected chi connectivity index (χ0v) is 16.5. The summed E-state index contributed by atoms with van der Waals surface area (Å²) in [4.78, 5) is 22.3. The number of piperidine rings is 1. The molecule has 2 atom stereocenters. The Morgan fingerprint density at radius 3 is 2.64 bits per heavy atom. The fourth-order valence-corrected chi connectivity index (χ4v) is 5.91. The van der Waals surface area contributed by atoms with E-state index in [9.17, 15) is 4.79 Å². The Morgan fingerprint density at radius 1 is 1.18 bits per heavy atom. The van der Waals surface area contributed by atoms with Crippen molar-refractivity contribution in [1.82, 2.24) is 14.9 Å². The highest BCUT2D eigenvalue weighted by Gasteiger charge is 2.41. The molecule has 6 heteroatoms. The molecule has 0 spiro atoms. The van der Waals surface area contributed by atoms with E-state index in [1.807, 2.05) is 12.3 Å². The number of nitrogens with zero attached hydrogens (tertiary/aromatic N) is 2. The van der Waals surface area contributed by atoms with Gasteiger partial charge in [-0.3, -0.25) is 9.69 Å². The van der Waals surface area contributed by atoms with Crippen LogP contribution in [0.3, 0.4) is 0 Å². The average Bonchev–Trinajstić information content (AvgIpc) is 3.25. The number of fused-ring (bicyclic) bond motifs is 3. The molecular weight excluding hydrogens is 350 g/mol. The van der Waals surface area contributed by atoms with Gasteiger partial charge in [-0.15, -0.1) is 0 Å². The van der Waals surface area contributed by atoms with Crippen LogP contribution < -0.4 is 11.1 Å². The lowest BCUT2D eigenvalue weighted by Crippen LogP contribution is -2.48. The van der Waals surface area contributed by atoms with Crippen molar-refractivity contribution in [1.29, 1.82) is 0 Å². The number of anilines is 1. The van der Waals surface area contributed by atoms with Gasteiger partial charge in [0, 0.05) is 42.5 Å². The zero-order chi connectivity index (χ0) is 19.1. The first kappa shape index (κ1) is 18.0. The molecule has 0 unspecified atom stereocenters. The lowest BCUT2D eigenvalue weighted by atomic mass is 9.87. The van der Waals surface area contributed by atoms with Crippen molar-refractivity contribution in [3.05, 3.63) is 24.0 Å².